The van der Waals surface area contributed by atoms with Gasteiger partial charge in [-0.1, -0.05) is 54.6 Å². The fourth-order valence-electron chi connectivity index (χ4n) is 3.72. The molecule has 1 heterocycles. The third-order valence-corrected chi connectivity index (χ3v) is 5.14. The number of benzene rings is 2. The Morgan fingerprint density at radius 2 is 1.76 bits per heavy atom. The van der Waals surface area contributed by atoms with E-state index in [9.17, 15) is 15.3 Å². The van der Waals surface area contributed by atoms with Gasteiger partial charge in [-0.25, -0.2) is 0 Å². The van der Waals surface area contributed by atoms with Crippen molar-refractivity contribution >= 4 is 0 Å². The minimum absolute atomic E-state index is 0.00322. The molecule has 3 unspecified atom stereocenters. The zero-order valence-corrected chi connectivity index (χ0v) is 14.5. The van der Waals surface area contributed by atoms with Gasteiger partial charge in [-0.15, -0.1) is 0 Å². The van der Waals surface area contributed by atoms with E-state index in [4.69, 9.17) is 0 Å². The Kier molecular flexibility index (Phi) is 6.21. The van der Waals surface area contributed by atoms with Crippen LogP contribution in [-0.4, -0.2) is 39.4 Å². The lowest BCUT2D eigenvalue weighted by atomic mass is 9.90. The molecule has 134 valence electrons. The van der Waals surface area contributed by atoms with Gasteiger partial charge in [0.1, 0.15) is 0 Å². The average Bonchev–Trinajstić information content (AvgIpc) is 2.67. The lowest BCUT2D eigenvalue weighted by Gasteiger charge is -2.39. The van der Waals surface area contributed by atoms with Crippen molar-refractivity contribution in [3.8, 4) is 0 Å². The lowest BCUT2D eigenvalue weighted by molar-refractivity contribution is 0.0309. The molecule has 0 radical (unpaired) electrons. The molecular formula is C21H27NO3. The molecule has 0 saturated carbocycles. The van der Waals surface area contributed by atoms with Crippen LogP contribution in [0.25, 0.3) is 0 Å². The average molecular weight is 341 g/mol. The fourth-order valence-corrected chi connectivity index (χ4v) is 3.72. The van der Waals surface area contributed by atoms with Gasteiger partial charge >= 0.3 is 0 Å². The molecular weight excluding hydrogens is 314 g/mol. The summed E-state index contributed by atoms with van der Waals surface area (Å²) in [6, 6.07) is 17.7. The van der Waals surface area contributed by atoms with Crippen LogP contribution < -0.4 is 0 Å². The first-order chi connectivity index (χ1) is 12.2. The first-order valence-corrected chi connectivity index (χ1v) is 9.03. The number of likely N-dealkylation sites (tertiary alicyclic amines) is 1. The summed E-state index contributed by atoms with van der Waals surface area (Å²) in [5.74, 6) is 0. The second-order valence-corrected chi connectivity index (χ2v) is 6.80. The molecule has 2 aromatic rings. The SMILES string of the molecule is OCc1ccccc1C1CC(O)CCN1CCC(O)c1ccccc1. The molecule has 2 aromatic carbocycles. The largest absolute Gasteiger partial charge is 0.393 e. The Balaban J connectivity index is 1.72. The highest BCUT2D eigenvalue weighted by Crippen LogP contribution is 2.34. The van der Waals surface area contributed by atoms with Gasteiger partial charge in [-0.3, -0.25) is 4.90 Å². The van der Waals surface area contributed by atoms with E-state index in [2.05, 4.69) is 4.90 Å². The lowest BCUT2D eigenvalue weighted by Crippen LogP contribution is -2.40. The molecule has 4 heteroatoms. The van der Waals surface area contributed by atoms with Crippen LogP contribution in [0.1, 0.15) is 48.1 Å². The van der Waals surface area contributed by atoms with Crippen LogP contribution in [0.15, 0.2) is 54.6 Å². The highest BCUT2D eigenvalue weighted by molar-refractivity contribution is 5.30. The first kappa shape index (κ1) is 18.1. The first-order valence-electron chi connectivity index (χ1n) is 9.03. The van der Waals surface area contributed by atoms with E-state index < -0.39 is 6.10 Å². The van der Waals surface area contributed by atoms with E-state index in [-0.39, 0.29) is 18.8 Å². The molecule has 3 N–H and O–H groups in total. The Bertz CT molecular complexity index is 661. The van der Waals surface area contributed by atoms with Gasteiger partial charge < -0.3 is 15.3 Å². The second-order valence-electron chi connectivity index (χ2n) is 6.80. The topological polar surface area (TPSA) is 63.9 Å². The molecule has 1 aliphatic heterocycles. The van der Waals surface area contributed by atoms with Gasteiger partial charge in [-0.05, 0) is 36.0 Å². The van der Waals surface area contributed by atoms with Crippen molar-refractivity contribution in [3.05, 3.63) is 71.3 Å². The summed E-state index contributed by atoms with van der Waals surface area (Å²) >= 11 is 0. The highest BCUT2D eigenvalue weighted by atomic mass is 16.3. The zero-order valence-electron chi connectivity index (χ0n) is 14.5. The maximum atomic E-state index is 10.4. The van der Waals surface area contributed by atoms with E-state index in [1.807, 2.05) is 54.6 Å². The number of aliphatic hydroxyl groups is 3. The number of hydrogen-bond donors (Lipinski definition) is 3. The van der Waals surface area contributed by atoms with Crippen molar-refractivity contribution in [3.63, 3.8) is 0 Å². The van der Waals surface area contributed by atoms with E-state index in [1.54, 1.807) is 0 Å². The van der Waals surface area contributed by atoms with Gasteiger partial charge in [0.15, 0.2) is 0 Å². The number of nitrogens with zero attached hydrogens (tertiary/aromatic N) is 1. The molecule has 4 nitrogen and oxygen atoms in total. The van der Waals surface area contributed by atoms with Gasteiger partial charge in [0.05, 0.1) is 18.8 Å². The van der Waals surface area contributed by atoms with E-state index in [0.29, 0.717) is 12.8 Å². The minimum atomic E-state index is -0.484. The maximum absolute atomic E-state index is 10.4. The van der Waals surface area contributed by atoms with E-state index in [0.717, 1.165) is 36.2 Å². The predicted molar refractivity (Wildman–Crippen MR) is 97.9 cm³/mol. The fraction of sp³-hybridized carbons (Fsp3) is 0.429. The molecule has 0 aromatic heterocycles. The van der Waals surface area contributed by atoms with Crippen LogP contribution in [0, 0.1) is 0 Å². The van der Waals surface area contributed by atoms with Crippen molar-refractivity contribution in [2.45, 2.75) is 44.1 Å². The standard InChI is InChI=1S/C21H27NO3/c23-15-17-8-4-5-9-19(17)20-14-18(24)10-12-22(20)13-11-21(25)16-6-2-1-3-7-16/h1-9,18,20-21,23-25H,10-15H2. The molecule has 0 spiro atoms. The van der Waals surface area contributed by atoms with Crippen LogP contribution >= 0.6 is 0 Å². The van der Waals surface area contributed by atoms with Crippen LogP contribution in [0.5, 0.6) is 0 Å². The Hall–Kier alpha value is -1.72. The summed E-state index contributed by atoms with van der Waals surface area (Å²) in [7, 11) is 0. The Morgan fingerprint density at radius 3 is 2.52 bits per heavy atom. The van der Waals surface area contributed by atoms with Gasteiger partial charge in [0, 0.05) is 19.1 Å². The summed E-state index contributed by atoms with van der Waals surface area (Å²) in [6.07, 6.45) is 1.27. The molecule has 1 fully saturated rings. The molecule has 0 aliphatic carbocycles. The number of aliphatic hydroxyl groups excluding tert-OH is 3. The summed E-state index contributed by atoms with van der Waals surface area (Å²) in [6.45, 7) is 1.56. The summed E-state index contributed by atoms with van der Waals surface area (Å²) in [5.41, 5.74) is 2.93. The molecule has 3 atom stereocenters. The van der Waals surface area contributed by atoms with Crippen LogP contribution in [0.3, 0.4) is 0 Å². The van der Waals surface area contributed by atoms with E-state index >= 15 is 0 Å². The van der Waals surface area contributed by atoms with Crippen LogP contribution in [0.4, 0.5) is 0 Å². The molecule has 0 amide bonds. The molecule has 3 rings (SSSR count). The maximum Gasteiger partial charge on any atom is 0.0802 e. The van der Waals surface area contributed by atoms with Crippen molar-refractivity contribution < 1.29 is 15.3 Å². The van der Waals surface area contributed by atoms with Gasteiger partial charge in [0.25, 0.3) is 0 Å². The van der Waals surface area contributed by atoms with E-state index in [1.165, 1.54) is 0 Å². The third-order valence-electron chi connectivity index (χ3n) is 5.14. The Labute approximate surface area is 149 Å². The van der Waals surface area contributed by atoms with Crippen molar-refractivity contribution in [1.82, 2.24) is 4.90 Å². The number of hydrogen-bond acceptors (Lipinski definition) is 4. The Morgan fingerprint density at radius 1 is 1.04 bits per heavy atom. The molecule has 1 saturated heterocycles. The molecule has 25 heavy (non-hydrogen) atoms. The predicted octanol–water partition coefficient (Wildman–Crippen LogP) is 2.80. The van der Waals surface area contributed by atoms with Crippen molar-refractivity contribution in [2.24, 2.45) is 0 Å². The quantitative estimate of drug-likeness (QED) is 0.756. The number of rotatable bonds is 6. The minimum Gasteiger partial charge on any atom is -0.393 e. The van der Waals surface area contributed by atoms with Crippen LogP contribution in [-0.2, 0) is 6.61 Å². The summed E-state index contributed by atoms with van der Waals surface area (Å²) < 4.78 is 0. The summed E-state index contributed by atoms with van der Waals surface area (Å²) in [5, 5.41) is 30.2. The summed E-state index contributed by atoms with van der Waals surface area (Å²) in [4.78, 5) is 2.33. The number of piperidine rings is 1. The molecule has 0 bridgehead atoms. The monoisotopic (exact) mass is 341 g/mol. The second kappa shape index (κ2) is 8.59. The smallest absolute Gasteiger partial charge is 0.0802 e. The highest BCUT2D eigenvalue weighted by Gasteiger charge is 2.30. The molecule has 1 aliphatic rings. The van der Waals surface area contributed by atoms with Crippen molar-refractivity contribution in [2.75, 3.05) is 13.1 Å². The van der Waals surface area contributed by atoms with Gasteiger partial charge in [-0.2, -0.15) is 0 Å². The zero-order chi connectivity index (χ0) is 17.6. The van der Waals surface area contributed by atoms with Crippen molar-refractivity contribution in [1.29, 1.82) is 0 Å². The third kappa shape index (κ3) is 4.47. The van der Waals surface area contributed by atoms with Crippen LogP contribution in [0.2, 0.25) is 0 Å². The van der Waals surface area contributed by atoms with Gasteiger partial charge in [0.2, 0.25) is 0 Å². The normalized spacial score (nSPS) is 22.7.